The molecule has 0 aliphatic rings. The lowest BCUT2D eigenvalue weighted by molar-refractivity contribution is 0.0690. The van der Waals surface area contributed by atoms with Gasteiger partial charge in [-0.3, -0.25) is 5.41 Å². The molecule has 0 aliphatic heterocycles. The summed E-state index contributed by atoms with van der Waals surface area (Å²) < 4.78 is 11.0. The van der Waals surface area contributed by atoms with E-state index in [2.05, 4.69) is 10.3 Å². The second-order valence-electron chi connectivity index (χ2n) is 5.23. The van der Waals surface area contributed by atoms with Crippen molar-refractivity contribution in [3.63, 3.8) is 0 Å². The van der Waals surface area contributed by atoms with E-state index in [0.717, 1.165) is 0 Å². The highest BCUT2D eigenvalue weighted by molar-refractivity contribution is 5.98. The predicted molar refractivity (Wildman–Crippen MR) is 94.9 cm³/mol. The lowest BCUT2D eigenvalue weighted by atomic mass is 10.1. The Labute approximate surface area is 150 Å². The van der Waals surface area contributed by atoms with Crippen molar-refractivity contribution in [2.75, 3.05) is 13.2 Å². The molecule has 2 aromatic rings. The first-order valence-corrected chi connectivity index (χ1v) is 8.08. The number of nitrogens with one attached hydrogen (secondary N) is 2. The average Bonchev–Trinajstić information content (AvgIpc) is 2.63. The Hall–Kier alpha value is -3.13. The maximum absolute atomic E-state index is 11.0. The lowest BCUT2D eigenvalue weighted by Crippen LogP contribution is -2.28. The quantitative estimate of drug-likeness (QED) is 0.323. The fourth-order valence-corrected chi connectivity index (χ4v) is 2.24. The molecule has 8 nitrogen and oxygen atoms in total. The van der Waals surface area contributed by atoms with Gasteiger partial charge in [-0.15, -0.1) is 0 Å². The van der Waals surface area contributed by atoms with Gasteiger partial charge < -0.3 is 25.0 Å². The Bertz CT molecular complexity index is 794. The van der Waals surface area contributed by atoms with Crippen LogP contribution in [0.1, 0.15) is 41.7 Å². The van der Waals surface area contributed by atoms with Gasteiger partial charge in [-0.25, -0.2) is 9.78 Å². The van der Waals surface area contributed by atoms with Crippen LogP contribution in [-0.4, -0.2) is 40.2 Å². The van der Waals surface area contributed by atoms with Crippen LogP contribution in [0, 0.1) is 5.41 Å². The van der Waals surface area contributed by atoms with Crippen molar-refractivity contribution in [2.24, 2.45) is 0 Å². The number of carboxylic acid groups (broad SMARTS) is 1. The molecule has 0 spiro atoms. The van der Waals surface area contributed by atoms with Crippen LogP contribution in [0.5, 0.6) is 11.5 Å². The maximum Gasteiger partial charge on any atom is 0.354 e. The van der Waals surface area contributed by atoms with E-state index in [1.807, 2.05) is 13.8 Å². The van der Waals surface area contributed by atoms with Crippen LogP contribution in [0.25, 0.3) is 0 Å². The van der Waals surface area contributed by atoms with Gasteiger partial charge in [0.25, 0.3) is 0 Å². The molecule has 138 valence electrons. The summed E-state index contributed by atoms with van der Waals surface area (Å²) in [6.07, 6.45) is 0.115. The van der Waals surface area contributed by atoms with Crippen LogP contribution >= 0.6 is 0 Å². The van der Waals surface area contributed by atoms with Crippen molar-refractivity contribution in [1.29, 1.82) is 5.41 Å². The third kappa shape index (κ3) is 4.70. The van der Waals surface area contributed by atoms with Gasteiger partial charge in [0.1, 0.15) is 11.5 Å². The monoisotopic (exact) mass is 359 g/mol. The molecule has 26 heavy (non-hydrogen) atoms. The number of hydrogen-bond donors (Lipinski definition) is 4. The molecule has 2 rings (SSSR count). The number of ether oxygens (including phenoxy) is 2. The molecule has 0 amide bonds. The van der Waals surface area contributed by atoms with E-state index in [9.17, 15) is 9.90 Å². The van der Waals surface area contributed by atoms with E-state index in [-0.39, 0.29) is 11.5 Å². The van der Waals surface area contributed by atoms with Crippen LogP contribution in [-0.2, 0) is 0 Å². The number of benzene rings is 1. The summed E-state index contributed by atoms with van der Waals surface area (Å²) in [5.41, 5.74) is 0.602. The second kappa shape index (κ2) is 8.82. The Kier molecular flexibility index (Phi) is 6.51. The lowest BCUT2D eigenvalue weighted by Gasteiger charge is -2.18. The van der Waals surface area contributed by atoms with Gasteiger partial charge in [-0.1, -0.05) is 6.07 Å². The molecule has 0 saturated carbocycles. The molecule has 0 saturated heterocycles. The minimum Gasteiger partial charge on any atom is -0.490 e. The Morgan fingerprint density at radius 2 is 1.88 bits per heavy atom. The van der Waals surface area contributed by atoms with E-state index in [4.69, 9.17) is 20.0 Å². The smallest absolute Gasteiger partial charge is 0.354 e. The molecule has 1 aromatic carbocycles. The summed E-state index contributed by atoms with van der Waals surface area (Å²) in [5.74, 6) is -0.251. The van der Waals surface area contributed by atoms with Crippen molar-refractivity contribution < 1.29 is 24.5 Å². The van der Waals surface area contributed by atoms with E-state index >= 15 is 0 Å². The summed E-state index contributed by atoms with van der Waals surface area (Å²) in [7, 11) is 0. The molecule has 1 unspecified atom stereocenters. The zero-order chi connectivity index (χ0) is 19.1. The van der Waals surface area contributed by atoms with Gasteiger partial charge in [0.15, 0.2) is 17.7 Å². The Morgan fingerprint density at radius 3 is 2.54 bits per heavy atom. The third-order valence-corrected chi connectivity index (χ3v) is 3.43. The molecule has 0 fully saturated rings. The zero-order valence-corrected chi connectivity index (χ0v) is 14.5. The number of aromatic carboxylic acids is 1. The van der Waals surface area contributed by atoms with Crippen molar-refractivity contribution in [1.82, 2.24) is 10.3 Å². The van der Waals surface area contributed by atoms with Crippen LogP contribution in [0.4, 0.5) is 0 Å². The van der Waals surface area contributed by atoms with Gasteiger partial charge in [-0.05, 0) is 38.1 Å². The number of amidine groups is 1. The van der Waals surface area contributed by atoms with Gasteiger partial charge >= 0.3 is 5.97 Å². The van der Waals surface area contributed by atoms with Gasteiger partial charge in [-0.2, -0.15) is 0 Å². The van der Waals surface area contributed by atoms with Crippen LogP contribution in [0.2, 0.25) is 0 Å². The summed E-state index contributed by atoms with van der Waals surface area (Å²) in [4.78, 5) is 14.7. The first kappa shape index (κ1) is 19.2. The van der Waals surface area contributed by atoms with Crippen molar-refractivity contribution >= 4 is 11.8 Å². The maximum atomic E-state index is 11.0. The van der Waals surface area contributed by atoms with E-state index in [0.29, 0.717) is 35.8 Å². The first-order valence-electron chi connectivity index (χ1n) is 8.08. The molecule has 0 aliphatic carbocycles. The van der Waals surface area contributed by atoms with Crippen molar-refractivity contribution in [2.45, 2.75) is 20.1 Å². The fourth-order valence-electron chi connectivity index (χ4n) is 2.24. The van der Waals surface area contributed by atoms with E-state index < -0.39 is 12.2 Å². The standard InChI is InChI=1S/C18H21N3O5/c1-3-25-14-6-5-12(10-15(14)26-4-2)17(22)21-16(19)11-7-8-20-13(9-11)18(23)24/h5-10,17,22H,3-4H2,1-2H3,(H2,19,21)(H,23,24). The largest absolute Gasteiger partial charge is 0.490 e. The molecule has 8 heteroatoms. The molecular formula is C18H21N3O5. The molecule has 1 aromatic heterocycles. The molecule has 0 radical (unpaired) electrons. The number of carbonyl (C=O) groups is 1. The van der Waals surface area contributed by atoms with Crippen LogP contribution in [0.15, 0.2) is 36.5 Å². The van der Waals surface area contributed by atoms with Crippen LogP contribution in [0.3, 0.4) is 0 Å². The zero-order valence-electron chi connectivity index (χ0n) is 14.5. The number of aromatic nitrogens is 1. The second-order valence-corrected chi connectivity index (χ2v) is 5.23. The Morgan fingerprint density at radius 1 is 1.19 bits per heavy atom. The summed E-state index contributed by atoms with van der Waals surface area (Å²) in [6, 6.07) is 7.72. The SMILES string of the molecule is CCOc1ccc(C(O)NC(=N)c2ccnc(C(=O)O)c2)cc1OCC. The molecule has 1 heterocycles. The van der Waals surface area contributed by atoms with E-state index in [1.165, 1.54) is 18.3 Å². The average molecular weight is 359 g/mol. The number of carboxylic acids is 1. The van der Waals surface area contributed by atoms with Crippen molar-refractivity contribution in [3.8, 4) is 11.5 Å². The van der Waals surface area contributed by atoms with Crippen LogP contribution < -0.4 is 14.8 Å². The minimum atomic E-state index is -1.19. The van der Waals surface area contributed by atoms with Gasteiger partial charge in [0.05, 0.1) is 13.2 Å². The normalized spacial score (nSPS) is 11.5. The minimum absolute atomic E-state index is 0.130. The number of aliphatic hydroxyl groups excluding tert-OH is 1. The topological polar surface area (TPSA) is 125 Å². The molecule has 1 atom stereocenters. The Balaban J connectivity index is 2.17. The number of rotatable bonds is 8. The van der Waals surface area contributed by atoms with E-state index in [1.54, 1.807) is 18.2 Å². The van der Waals surface area contributed by atoms with Crippen molar-refractivity contribution in [3.05, 3.63) is 53.3 Å². The highest BCUT2D eigenvalue weighted by Crippen LogP contribution is 2.30. The third-order valence-electron chi connectivity index (χ3n) is 3.43. The summed E-state index contributed by atoms with van der Waals surface area (Å²) in [6.45, 7) is 4.63. The predicted octanol–water partition coefficient (Wildman–Crippen LogP) is 2.18. The number of hydrogen-bond acceptors (Lipinski definition) is 6. The number of aliphatic hydroxyl groups is 1. The molecule has 4 N–H and O–H groups in total. The molecule has 0 bridgehead atoms. The molecular weight excluding hydrogens is 338 g/mol. The highest BCUT2D eigenvalue weighted by Gasteiger charge is 2.15. The summed E-state index contributed by atoms with van der Waals surface area (Å²) in [5, 5.41) is 30.0. The number of pyridine rings is 1. The highest BCUT2D eigenvalue weighted by atomic mass is 16.5. The summed E-state index contributed by atoms with van der Waals surface area (Å²) >= 11 is 0. The van der Waals surface area contributed by atoms with Gasteiger partial charge in [0, 0.05) is 17.3 Å². The first-order chi connectivity index (χ1) is 12.5. The fraction of sp³-hybridized carbons (Fsp3) is 0.278. The number of nitrogens with zero attached hydrogens (tertiary/aromatic N) is 1. The van der Waals surface area contributed by atoms with Gasteiger partial charge in [0.2, 0.25) is 0 Å².